The fourth-order valence-electron chi connectivity index (χ4n) is 4.17. The van der Waals surface area contributed by atoms with Crippen molar-refractivity contribution in [2.24, 2.45) is 5.92 Å². The lowest BCUT2D eigenvalue weighted by atomic mass is 9.95. The molecule has 2 aromatic rings. The number of nitrogens with zero attached hydrogens (tertiary/aromatic N) is 1. The van der Waals surface area contributed by atoms with Gasteiger partial charge in [-0.2, -0.15) is 4.31 Å². The van der Waals surface area contributed by atoms with Crippen molar-refractivity contribution in [3.05, 3.63) is 66.2 Å². The highest BCUT2D eigenvalue weighted by Gasteiger charge is 2.34. The first-order chi connectivity index (χ1) is 17.2. The summed E-state index contributed by atoms with van der Waals surface area (Å²) >= 11 is 0. The molecule has 9 nitrogen and oxygen atoms in total. The number of sulfonamides is 1. The number of ether oxygens (including phenoxy) is 2. The average Bonchev–Trinajstić information content (AvgIpc) is 2.89. The largest absolute Gasteiger partial charge is 0.493 e. The monoisotopic (exact) mass is 515 g/mol. The summed E-state index contributed by atoms with van der Waals surface area (Å²) in [7, 11) is -0.572. The molecule has 10 heteroatoms. The Hall–Kier alpha value is -3.37. The van der Waals surface area contributed by atoms with Gasteiger partial charge in [-0.25, -0.2) is 8.42 Å². The third-order valence-electron chi connectivity index (χ3n) is 6.28. The molecule has 2 unspecified atom stereocenters. The summed E-state index contributed by atoms with van der Waals surface area (Å²) in [6.07, 6.45) is 2.32. The van der Waals surface area contributed by atoms with E-state index in [1.54, 1.807) is 14.2 Å². The smallest absolute Gasteiger partial charge is 0.251 e. The Morgan fingerprint density at radius 2 is 1.81 bits per heavy atom. The Morgan fingerprint density at radius 1 is 1.11 bits per heavy atom. The number of nitrogens with one attached hydrogen (secondary N) is 2. The molecule has 1 aliphatic rings. The standard InChI is InChI=1S/C26H33N3O6S/c1-5-25(30)28-22-13-15-29(17-18(22)2)36(32,33)21-9-7-20(8-10-21)26(31)27-14-12-19-6-11-23(34-3)24(16-19)35-4/h5-11,16,18,22H,1,12-15,17H2,2-4H3,(H,27,31)(H,28,30). The highest BCUT2D eigenvalue weighted by atomic mass is 32.2. The summed E-state index contributed by atoms with van der Waals surface area (Å²) in [6.45, 7) is 6.36. The molecule has 1 aliphatic heterocycles. The Labute approximate surface area is 212 Å². The minimum Gasteiger partial charge on any atom is -0.493 e. The van der Waals surface area contributed by atoms with E-state index in [1.165, 1.54) is 34.6 Å². The lowest BCUT2D eigenvalue weighted by Gasteiger charge is -2.36. The highest BCUT2D eigenvalue weighted by molar-refractivity contribution is 7.89. The van der Waals surface area contributed by atoms with Gasteiger partial charge in [0.05, 0.1) is 19.1 Å². The van der Waals surface area contributed by atoms with Crippen molar-refractivity contribution in [2.45, 2.75) is 30.7 Å². The molecule has 0 aliphatic carbocycles. The van der Waals surface area contributed by atoms with Crippen molar-refractivity contribution >= 4 is 21.8 Å². The molecule has 0 radical (unpaired) electrons. The Morgan fingerprint density at radius 3 is 2.42 bits per heavy atom. The van der Waals surface area contributed by atoms with Crippen molar-refractivity contribution in [1.29, 1.82) is 0 Å². The topological polar surface area (TPSA) is 114 Å². The van der Waals surface area contributed by atoms with Gasteiger partial charge in [0, 0.05) is 31.2 Å². The number of benzene rings is 2. The van der Waals surface area contributed by atoms with Crippen LogP contribution < -0.4 is 20.1 Å². The van der Waals surface area contributed by atoms with Crippen LogP contribution in [0.5, 0.6) is 11.5 Å². The van der Waals surface area contributed by atoms with Crippen LogP contribution in [0.15, 0.2) is 60.0 Å². The predicted octanol–water partition coefficient (Wildman–Crippen LogP) is 2.38. The van der Waals surface area contributed by atoms with Crippen LogP contribution in [0.2, 0.25) is 0 Å². The van der Waals surface area contributed by atoms with Gasteiger partial charge in [0.25, 0.3) is 5.91 Å². The molecule has 2 N–H and O–H groups in total. The molecule has 3 rings (SSSR count). The maximum Gasteiger partial charge on any atom is 0.251 e. The maximum atomic E-state index is 13.1. The van der Waals surface area contributed by atoms with E-state index in [4.69, 9.17) is 9.47 Å². The first-order valence-corrected chi connectivity index (χ1v) is 13.2. The van der Waals surface area contributed by atoms with Gasteiger partial charge in [0.15, 0.2) is 11.5 Å². The molecule has 0 bridgehead atoms. The molecule has 1 heterocycles. The van der Waals surface area contributed by atoms with Gasteiger partial charge >= 0.3 is 0 Å². The molecule has 1 fully saturated rings. The van der Waals surface area contributed by atoms with Gasteiger partial charge in [-0.3, -0.25) is 9.59 Å². The van der Waals surface area contributed by atoms with Crippen LogP contribution in [-0.4, -0.2) is 64.4 Å². The molecular formula is C26H33N3O6S. The molecule has 0 spiro atoms. The van der Waals surface area contributed by atoms with Crippen molar-refractivity contribution in [3.8, 4) is 11.5 Å². The molecule has 0 saturated carbocycles. The number of carbonyl (C=O) groups excluding carboxylic acids is 2. The van der Waals surface area contributed by atoms with Gasteiger partial charge in [-0.05, 0) is 66.8 Å². The van der Waals surface area contributed by atoms with Crippen molar-refractivity contribution in [3.63, 3.8) is 0 Å². The minimum absolute atomic E-state index is 0.0480. The van der Waals surface area contributed by atoms with Crippen LogP contribution in [0.3, 0.4) is 0 Å². The summed E-state index contributed by atoms with van der Waals surface area (Å²) in [5.41, 5.74) is 1.36. The highest BCUT2D eigenvalue weighted by Crippen LogP contribution is 2.28. The second-order valence-electron chi connectivity index (χ2n) is 8.67. The van der Waals surface area contributed by atoms with Crippen molar-refractivity contribution in [2.75, 3.05) is 33.9 Å². The molecule has 2 amide bonds. The summed E-state index contributed by atoms with van der Waals surface area (Å²) < 4.78 is 38.2. The summed E-state index contributed by atoms with van der Waals surface area (Å²) in [4.78, 5) is 24.3. The number of methoxy groups -OCH3 is 2. The summed E-state index contributed by atoms with van der Waals surface area (Å²) in [6, 6.07) is 11.4. The Bertz CT molecular complexity index is 1200. The van der Waals surface area contributed by atoms with Crippen molar-refractivity contribution < 1.29 is 27.5 Å². The second-order valence-corrected chi connectivity index (χ2v) is 10.6. The van der Waals surface area contributed by atoms with E-state index in [9.17, 15) is 18.0 Å². The molecular weight excluding hydrogens is 482 g/mol. The number of hydrogen-bond acceptors (Lipinski definition) is 6. The van der Waals surface area contributed by atoms with E-state index in [0.717, 1.165) is 5.56 Å². The molecule has 2 atom stereocenters. The predicted molar refractivity (Wildman–Crippen MR) is 137 cm³/mol. The van der Waals surface area contributed by atoms with Gasteiger partial charge in [0.2, 0.25) is 15.9 Å². The third kappa shape index (κ3) is 6.44. The first kappa shape index (κ1) is 27.2. The molecule has 0 aromatic heterocycles. The molecule has 1 saturated heterocycles. The van der Waals surface area contributed by atoms with Gasteiger partial charge in [-0.15, -0.1) is 0 Å². The zero-order valence-electron chi connectivity index (χ0n) is 20.8. The number of carbonyl (C=O) groups is 2. The summed E-state index contributed by atoms with van der Waals surface area (Å²) in [5.74, 6) is 0.664. The van der Waals surface area contributed by atoms with Crippen LogP contribution >= 0.6 is 0 Å². The fraction of sp³-hybridized carbons (Fsp3) is 0.385. The molecule has 36 heavy (non-hydrogen) atoms. The van der Waals surface area contributed by atoms with Crippen LogP contribution in [0.25, 0.3) is 0 Å². The van der Waals surface area contributed by atoms with Crippen LogP contribution in [0.4, 0.5) is 0 Å². The van der Waals surface area contributed by atoms with E-state index < -0.39 is 10.0 Å². The van der Waals surface area contributed by atoms with Gasteiger partial charge < -0.3 is 20.1 Å². The first-order valence-electron chi connectivity index (χ1n) is 11.7. The number of amides is 2. The van der Waals surface area contributed by atoms with Crippen molar-refractivity contribution in [1.82, 2.24) is 14.9 Å². The van der Waals surface area contributed by atoms with E-state index in [1.807, 2.05) is 25.1 Å². The normalized spacial score (nSPS) is 18.2. The zero-order chi connectivity index (χ0) is 26.3. The Balaban J connectivity index is 1.57. The number of hydrogen-bond donors (Lipinski definition) is 2. The van der Waals surface area contributed by atoms with Gasteiger partial charge in [0.1, 0.15) is 0 Å². The fourth-order valence-corrected chi connectivity index (χ4v) is 5.72. The number of rotatable bonds is 10. The Kier molecular flexibility index (Phi) is 9.11. The SMILES string of the molecule is C=CC(=O)NC1CCN(S(=O)(=O)c2ccc(C(=O)NCCc3ccc(OC)c(OC)c3)cc2)CC1C. The van der Waals surface area contributed by atoms with E-state index in [2.05, 4.69) is 17.2 Å². The zero-order valence-corrected chi connectivity index (χ0v) is 21.6. The van der Waals surface area contributed by atoms with Crippen LogP contribution in [-0.2, 0) is 21.2 Å². The summed E-state index contributed by atoms with van der Waals surface area (Å²) in [5, 5.41) is 5.71. The van der Waals surface area contributed by atoms with E-state index >= 15 is 0 Å². The number of piperidine rings is 1. The lowest BCUT2D eigenvalue weighted by Crippen LogP contribution is -2.51. The lowest BCUT2D eigenvalue weighted by molar-refractivity contribution is -0.117. The molecule has 194 valence electrons. The maximum absolute atomic E-state index is 13.1. The third-order valence-corrected chi connectivity index (χ3v) is 8.16. The quantitative estimate of drug-likeness (QED) is 0.470. The van der Waals surface area contributed by atoms with E-state index in [-0.39, 0.29) is 28.7 Å². The van der Waals surface area contributed by atoms with Crippen LogP contribution in [0.1, 0.15) is 29.3 Å². The second kappa shape index (κ2) is 12.0. The van der Waals surface area contributed by atoms with Gasteiger partial charge in [-0.1, -0.05) is 19.6 Å². The minimum atomic E-state index is -3.71. The average molecular weight is 516 g/mol. The van der Waals surface area contributed by atoms with E-state index in [0.29, 0.717) is 49.5 Å². The van der Waals surface area contributed by atoms with Crippen LogP contribution in [0, 0.1) is 5.92 Å². The molecule has 2 aromatic carbocycles.